The van der Waals surface area contributed by atoms with Crippen molar-refractivity contribution in [3.63, 3.8) is 0 Å². The van der Waals surface area contributed by atoms with Crippen LogP contribution in [0.1, 0.15) is 43.3 Å². The Hall–Kier alpha value is -1.61. The molecule has 1 heterocycles. The summed E-state index contributed by atoms with van der Waals surface area (Å²) in [5.41, 5.74) is 10.3. The summed E-state index contributed by atoms with van der Waals surface area (Å²) in [5.74, 6) is 1.60. The van der Waals surface area contributed by atoms with Crippen LogP contribution in [0.5, 0.6) is 0 Å². The van der Waals surface area contributed by atoms with E-state index in [0.29, 0.717) is 12.5 Å². The van der Waals surface area contributed by atoms with Crippen molar-refractivity contribution in [3.8, 4) is 11.3 Å². The molecule has 102 valence electrons. The Morgan fingerprint density at radius 1 is 1.21 bits per heavy atom. The molecule has 2 rings (SSSR count). The van der Waals surface area contributed by atoms with Gasteiger partial charge in [-0.1, -0.05) is 38.1 Å². The molecule has 0 aliphatic carbocycles. The average Bonchev–Trinajstić information content (AvgIpc) is 2.77. The summed E-state index contributed by atoms with van der Waals surface area (Å²) >= 11 is 0. The van der Waals surface area contributed by atoms with Crippen LogP contribution in [0.4, 0.5) is 0 Å². The first-order chi connectivity index (χ1) is 9.11. The number of H-pyrrole nitrogens is 1. The van der Waals surface area contributed by atoms with Crippen LogP contribution < -0.4 is 5.73 Å². The van der Waals surface area contributed by atoms with Crippen molar-refractivity contribution >= 4 is 0 Å². The van der Waals surface area contributed by atoms with Gasteiger partial charge < -0.3 is 10.7 Å². The first kappa shape index (κ1) is 13.8. The standard InChI is InChI=1S/C16H23N3/c1-11(2)13-6-8-14(9-7-13)16-12(3)18-15(19-16)5-4-10-17/h6-9,11H,4-5,10,17H2,1-3H3,(H,18,19). The zero-order chi connectivity index (χ0) is 13.8. The minimum absolute atomic E-state index is 0.564. The second-order valence-corrected chi connectivity index (χ2v) is 5.33. The molecule has 0 bridgehead atoms. The molecule has 0 amide bonds. The third kappa shape index (κ3) is 3.24. The van der Waals surface area contributed by atoms with Gasteiger partial charge in [0.1, 0.15) is 5.82 Å². The minimum atomic E-state index is 0.564. The van der Waals surface area contributed by atoms with E-state index in [1.807, 2.05) is 0 Å². The third-order valence-corrected chi connectivity index (χ3v) is 3.40. The number of aromatic nitrogens is 2. The van der Waals surface area contributed by atoms with Crippen LogP contribution in [0.3, 0.4) is 0 Å². The molecule has 0 fully saturated rings. The van der Waals surface area contributed by atoms with Crippen LogP contribution in [0.2, 0.25) is 0 Å². The molecule has 2 aromatic rings. The molecular formula is C16H23N3. The maximum absolute atomic E-state index is 5.54. The van der Waals surface area contributed by atoms with Gasteiger partial charge in [-0.15, -0.1) is 0 Å². The molecule has 0 spiro atoms. The summed E-state index contributed by atoms with van der Waals surface area (Å²) in [4.78, 5) is 8.03. The van der Waals surface area contributed by atoms with Crippen LogP contribution >= 0.6 is 0 Å². The molecule has 0 saturated carbocycles. The smallest absolute Gasteiger partial charge is 0.107 e. The van der Waals surface area contributed by atoms with E-state index in [-0.39, 0.29) is 0 Å². The fraction of sp³-hybridized carbons (Fsp3) is 0.438. The predicted octanol–water partition coefficient (Wildman–Crippen LogP) is 3.40. The van der Waals surface area contributed by atoms with Crippen molar-refractivity contribution in [3.05, 3.63) is 41.3 Å². The summed E-state index contributed by atoms with van der Waals surface area (Å²) in [7, 11) is 0. The van der Waals surface area contributed by atoms with E-state index in [1.54, 1.807) is 0 Å². The van der Waals surface area contributed by atoms with E-state index < -0.39 is 0 Å². The molecule has 3 heteroatoms. The largest absolute Gasteiger partial charge is 0.346 e. The molecule has 0 saturated heterocycles. The van der Waals surface area contributed by atoms with Crippen LogP contribution in [-0.4, -0.2) is 16.5 Å². The first-order valence-corrected chi connectivity index (χ1v) is 6.97. The monoisotopic (exact) mass is 257 g/mol. The van der Waals surface area contributed by atoms with Crippen molar-refractivity contribution in [1.82, 2.24) is 9.97 Å². The van der Waals surface area contributed by atoms with Crippen LogP contribution in [0.25, 0.3) is 11.3 Å². The van der Waals surface area contributed by atoms with E-state index in [1.165, 1.54) is 11.1 Å². The van der Waals surface area contributed by atoms with Gasteiger partial charge in [-0.3, -0.25) is 0 Å². The van der Waals surface area contributed by atoms with Crippen molar-refractivity contribution in [2.75, 3.05) is 6.54 Å². The Morgan fingerprint density at radius 3 is 2.47 bits per heavy atom. The molecule has 1 aromatic heterocycles. The lowest BCUT2D eigenvalue weighted by Gasteiger charge is -2.06. The Bertz CT molecular complexity index is 523. The Balaban J connectivity index is 2.23. The third-order valence-electron chi connectivity index (χ3n) is 3.40. The lowest BCUT2D eigenvalue weighted by Crippen LogP contribution is -2.01. The number of nitrogens with one attached hydrogen (secondary N) is 1. The molecule has 0 aliphatic rings. The maximum atomic E-state index is 5.54. The topological polar surface area (TPSA) is 54.7 Å². The Kier molecular flexibility index (Phi) is 4.38. The summed E-state index contributed by atoms with van der Waals surface area (Å²) in [6.07, 6.45) is 1.89. The number of aromatic amines is 1. The molecule has 0 aliphatic heterocycles. The molecule has 0 unspecified atom stereocenters. The number of hydrogen-bond acceptors (Lipinski definition) is 2. The molecule has 1 aromatic carbocycles. The van der Waals surface area contributed by atoms with Gasteiger partial charge in [0.15, 0.2) is 0 Å². The second-order valence-electron chi connectivity index (χ2n) is 5.33. The maximum Gasteiger partial charge on any atom is 0.107 e. The Morgan fingerprint density at radius 2 is 1.89 bits per heavy atom. The number of benzene rings is 1. The van der Waals surface area contributed by atoms with Crippen LogP contribution in [0.15, 0.2) is 24.3 Å². The minimum Gasteiger partial charge on any atom is -0.346 e. The van der Waals surface area contributed by atoms with Gasteiger partial charge in [0, 0.05) is 17.7 Å². The zero-order valence-electron chi connectivity index (χ0n) is 12.0. The predicted molar refractivity (Wildman–Crippen MR) is 80.2 cm³/mol. The van der Waals surface area contributed by atoms with E-state index in [2.05, 4.69) is 55.0 Å². The highest BCUT2D eigenvalue weighted by Gasteiger charge is 2.09. The van der Waals surface area contributed by atoms with Gasteiger partial charge in [0.05, 0.1) is 5.69 Å². The van der Waals surface area contributed by atoms with Crippen molar-refractivity contribution in [2.24, 2.45) is 5.73 Å². The first-order valence-electron chi connectivity index (χ1n) is 6.97. The van der Waals surface area contributed by atoms with E-state index in [0.717, 1.165) is 30.1 Å². The quantitative estimate of drug-likeness (QED) is 0.862. The number of aryl methyl sites for hydroxylation is 2. The lowest BCUT2D eigenvalue weighted by atomic mass is 10.0. The SMILES string of the molecule is Cc1[nH]c(CCCN)nc1-c1ccc(C(C)C)cc1. The molecule has 3 nitrogen and oxygen atoms in total. The highest BCUT2D eigenvalue weighted by atomic mass is 14.9. The summed E-state index contributed by atoms with van der Waals surface area (Å²) in [6, 6.07) is 8.69. The number of nitrogens with two attached hydrogens (primary N) is 1. The van der Waals surface area contributed by atoms with E-state index in [9.17, 15) is 0 Å². The molecule has 3 N–H and O–H groups in total. The van der Waals surface area contributed by atoms with Gasteiger partial charge in [-0.05, 0) is 31.4 Å². The fourth-order valence-corrected chi connectivity index (χ4v) is 2.22. The van der Waals surface area contributed by atoms with Crippen LogP contribution in [0, 0.1) is 6.92 Å². The molecule has 0 atom stereocenters. The van der Waals surface area contributed by atoms with Crippen molar-refractivity contribution in [1.29, 1.82) is 0 Å². The fourth-order valence-electron chi connectivity index (χ4n) is 2.22. The lowest BCUT2D eigenvalue weighted by molar-refractivity contribution is 0.792. The summed E-state index contributed by atoms with van der Waals surface area (Å²) in [5, 5.41) is 0. The average molecular weight is 257 g/mol. The van der Waals surface area contributed by atoms with E-state index in [4.69, 9.17) is 5.73 Å². The number of rotatable bonds is 5. The van der Waals surface area contributed by atoms with Gasteiger partial charge in [0.25, 0.3) is 0 Å². The highest BCUT2D eigenvalue weighted by molar-refractivity contribution is 5.62. The molecule has 19 heavy (non-hydrogen) atoms. The van der Waals surface area contributed by atoms with Crippen molar-refractivity contribution < 1.29 is 0 Å². The number of hydrogen-bond donors (Lipinski definition) is 2. The second kappa shape index (κ2) is 6.02. The van der Waals surface area contributed by atoms with E-state index >= 15 is 0 Å². The molecule has 0 radical (unpaired) electrons. The number of nitrogens with zero attached hydrogens (tertiary/aromatic N) is 1. The van der Waals surface area contributed by atoms with Gasteiger partial charge in [0.2, 0.25) is 0 Å². The van der Waals surface area contributed by atoms with Gasteiger partial charge in [-0.2, -0.15) is 0 Å². The summed E-state index contributed by atoms with van der Waals surface area (Å²) in [6.45, 7) is 7.20. The van der Waals surface area contributed by atoms with Crippen LogP contribution in [-0.2, 0) is 6.42 Å². The van der Waals surface area contributed by atoms with Gasteiger partial charge >= 0.3 is 0 Å². The zero-order valence-corrected chi connectivity index (χ0v) is 12.0. The molecular weight excluding hydrogens is 234 g/mol. The van der Waals surface area contributed by atoms with Gasteiger partial charge in [-0.25, -0.2) is 4.98 Å². The number of imidazole rings is 1. The highest BCUT2D eigenvalue weighted by Crippen LogP contribution is 2.24. The Labute approximate surface area is 115 Å². The normalized spacial score (nSPS) is 11.2. The van der Waals surface area contributed by atoms with Crippen molar-refractivity contribution in [2.45, 2.75) is 39.5 Å². The summed E-state index contributed by atoms with van der Waals surface area (Å²) < 4.78 is 0.